The molecular formula is C20H25N3O2. The summed E-state index contributed by atoms with van der Waals surface area (Å²) < 4.78 is 5.80. The molecule has 0 aliphatic carbocycles. The first-order valence-corrected chi connectivity index (χ1v) is 8.63. The van der Waals surface area contributed by atoms with Crippen LogP contribution in [0.1, 0.15) is 11.1 Å². The summed E-state index contributed by atoms with van der Waals surface area (Å²) in [7, 11) is 2.13. The lowest BCUT2D eigenvalue weighted by atomic mass is 10.1. The van der Waals surface area contributed by atoms with E-state index in [4.69, 9.17) is 4.74 Å². The highest BCUT2D eigenvalue weighted by molar-refractivity contribution is 6.01. The molecule has 1 fully saturated rings. The second-order valence-corrected chi connectivity index (χ2v) is 6.42. The predicted octanol–water partition coefficient (Wildman–Crippen LogP) is 2.69. The highest BCUT2D eigenvalue weighted by atomic mass is 16.5. The van der Waals surface area contributed by atoms with Crippen molar-refractivity contribution >= 4 is 5.71 Å². The van der Waals surface area contributed by atoms with Gasteiger partial charge in [0.15, 0.2) is 0 Å². The van der Waals surface area contributed by atoms with E-state index >= 15 is 0 Å². The molecular weight excluding hydrogens is 314 g/mol. The van der Waals surface area contributed by atoms with Gasteiger partial charge in [-0.15, -0.1) is 0 Å². The van der Waals surface area contributed by atoms with Crippen molar-refractivity contribution in [1.82, 2.24) is 9.80 Å². The smallest absolute Gasteiger partial charge is 0.119 e. The van der Waals surface area contributed by atoms with Crippen molar-refractivity contribution in [2.75, 3.05) is 39.8 Å². The van der Waals surface area contributed by atoms with Gasteiger partial charge in [-0.1, -0.05) is 35.5 Å². The number of oxime groups is 1. The van der Waals surface area contributed by atoms with Gasteiger partial charge in [-0.3, -0.25) is 4.90 Å². The zero-order chi connectivity index (χ0) is 17.5. The topological polar surface area (TPSA) is 48.3 Å². The van der Waals surface area contributed by atoms with E-state index in [1.807, 2.05) is 54.6 Å². The van der Waals surface area contributed by atoms with Crippen LogP contribution in [0.3, 0.4) is 0 Å². The summed E-state index contributed by atoms with van der Waals surface area (Å²) in [6.07, 6.45) is 0. The molecule has 2 aromatic rings. The van der Waals surface area contributed by atoms with Gasteiger partial charge in [-0.05, 0) is 36.9 Å². The van der Waals surface area contributed by atoms with E-state index in [0.29, 0.717) is 18.9 Å². The quantitative estimate of drug-likeness (QED) is 0.499. The van der Waals surface area contributed by atoms with Crippen LogP contribution in [0, 0.1) is 0 Å². The van der Waals surface area contributed by atoms with E-state index in [1.165, 1.54) is 0 Å². The molecule has 1 saturated heterocycles. The van der Waals surface area contributed by atoms with E-state index in [9.17, 15) is 5.21 Å². The van der Waals surface area contributed by atoms with Crippen LogP contribution in [0.25, 0.3) is 0 Å². The lowest BCUT2D eigenvalue weighted by Crippen LogP contribution is -2.46. The van der Waals surface area contributed by atoms with Gasteiger partial charge in [0.1, 0.15) is 18.1 Å². The van der Waals surface area contributed by atoms with Crippen LogP contribution >= 0.6 is 0 Å². The number of likely N-dealkylation sites (N-methyl/N-ethyl adjacent to an activating group) is 1. The predicted molar refractivity (Wildman–Crippen MR) is 99.5 cm³/mol. The molecule has 2 aromatic carbocycles. The molecule has 0 unspecified atom stereocenters. The lowest BCUT2D eigenvalue weighted by molar-refractivity contribution is 0.169. The zero-order valence-corrected chi connectivity index (χ0v) is 14.6. The number of rotatable bonds is 6. The van der Waals surface area contributed by atoms with Gasteiger partial charge in [0.25, 0.3) is 0 Å². The Morgan fingerprint density at radius 2 is 1.68 bits per heavy atom. The summed E-state index contributed by atoms with van der Waals surface area (Å²) in [6.45, 7) is 5.29. The highest BCUT2D eigenvalue weighted by Crippen LogP contribution is 2.15. The third-order valence-electron chi connectivity index (χ3n) is 4.53. The number of benzene rings is 2. The Morgan fingerprint density at radius 1 is 1.00 bits per heavy atom. The van der Waals surface area contributed by atoms with Crippen LogP contribution in [0.5, 0.6) is 5.75 Å². The number of nitrogens with zero attached hydrogens (tertiary/aromatic N) is 3. The maximum Gasteiger partial charge on any atom is 0.119 e. The van der Waals surface area contributed by atoms with E-state index in [0.717, 1.165) is 43.1 Å². The van der Waals surface area contributed by atoms with Gasteiger partial charge < -0.3 is 14.8 Å². The highest BCUT2D eigenvalue weighted by Gasteiger charge is 2.16. The van der Waals surface area contributed by atoms with Gasteiger partial charge in [-0.25, -0.2) is 0 Å². The molecule has 25 heavy (non-hydrogen) atoms. The number of hydrogen-bond donors (Lipinski definition) is 1. The molecule has 1 N–H and O–H groups in total. The third-order valence-corrected chi connectivity index (χ3v) is 4.53. The first-order valence-electron chi connectivity index (χ1n) is 8.63. The fourth-order valence-electron chi connectivity index (χ4n) is 2.88. The normalized spacial score (nSPS) is 16.8. The Balaban J connectivity index is 1.56. The second kappa shape index (κ2) is 8.65. The summed E-state index contributed by atoms with van der Waals surface area (Å²) >= 11 is 0. The number of ether oxygens (including phenoxy) is 1. The average molecular weight is 339 g/mol. The molecule has 5 nitrogen and oxygen atoms in total. The molecule has 0 atom stereocenters. The van der Waals surface area contributed by atoms with Crippen molar-refractivity contribution in [3.63, 3.8) is 0 Å². The SMILES string of the molecule is CN1CCN(C/C(=N\O)c2ccc(OCc3ccccc3)cc2)CC1. The molecule has 1 aliphatic rings. The van der Waals surface area contributed by atoms with Crippen LogP contribution in [-0.4, -0.2) is 60.5 Å². The Morgan fingerprint density at radius 3 is 2.32 bits per heavy atom. The van der Waals surface area contributed by atoms with Gasteiger partial charge in [-0.2, -0.15) is 0 Å². The minimum Gasteiger partial charge on any atom is -0.489 e. The van der Waals surface area contributed by atoms with Crippen LogP contribution in [0.15, 0.2) is 59.8 Å². The number of piperazine rings is 1. The summed E-state index contributed by atoms with van der Waals surface area (Å²) in [5.74, 6) is 0.810. The fraction of sp³-hybridized carbons (Fsp3) is 0.350. The largest absolute Gasteiger partial charge is 0.489 e. The summed E-state index contributed by atoms with van der Waals surface area (Å²) in [4.78, 5) is 4.62. The van der Waals surface area contributed by atoms with E-state index < -0.39 is 0 Å². The summed E-state index contributed by atoms with van der Waals surface area (Å²) in [6, 6.07) is 17.8. The van der Waals surface area contributed by atoms with Crippen LogP contribution in [-0.2, 0) is 6.61 Å². The van der Waals surface area contributed by atoms with Crippen LogP contribution in [0.4, 0.5) is 0 Å². The molecule has 0 aromatic heterocycles. The van der Waals surface area contributed by atoms with Gasteiger partial charge >= 0.3 is 0 Å². The van der Waals surface area contributed by atoms with Crippen molar-refractivity contribution in [2.24, 2.45) is 5.16 Å². The van der Waals surface area contributed by atoms with Crippen LogP contribution in [0.2, 0.25) is 0 Å². The van der Waals surface area contributed by atoms with Gasteiger partial charge in [0.05, 0.1) is 0 Å². The first-order chi connectivity index (χ1) is 12.2. The average Bonchev–Trinajstić information content (AvgIpc) is 2.67. The van der Waals surface area contributed by atoms with E-state index in [2.05, 4.69) is 22.0 Å². The van der Waals surface area contributed by atoms with Crippen molar-refractivity contribution in [2.45, 2.75) is 6.61 Å². The lowest BCUT2D eigenvalue weighted by Gasteiger charge is -2.32. The Hall–Kier alpha value is -2.37. The van der Waals surface area contributed by atoms with Gasteiger partial charge in [0.2, 0.25) is 0 Å². The van der Waals surface area contributed by atoms with Crippen LogP contribution < -0.4 is 4.74 Å². The molecule has 0 spiro atoms. The fourth-order valence-corrected chi connectivity index (χ4v) is 2.88. The van der Waals surface area contributed by atoms with Crippen molar-refractivity contribution in [1.29, 1.82) is 0 Å². The molecule has 0 amide bonds. The zero-order valence-electron chi connectivity index (χ0n) is 14.6. The number of hydrogen-bond acceptors (Lipinski definition) is 5. The maximum absolute atomic E-state index is 9.40. The first kappa shape index (κ1) is 17.5. The minimum atomic E-state index is 0.544. The van der Waals surface area contributed by atoms with E-state index in [-0.39, 0.29) is 0 Å². The Labute approximate surface area is 149 Å². The van der Waals surface area contributed by atoms with Crippen molar-refractivity contribution in [3.8, 4) is 5.75 Å². The van der Waals surface area contributed by atoms with E-state index in [1.54, 1.807) is 0 Å². The molecule has 1 aliphatic heterocycles. The summed E-state index contributed by atoms with van der Waals surface area (Å²) in [5, 5.41) is 12.9. The molecule has 0 saturated carbocycles. The third kappa shape index (κ3) is 5.05. The summed E-state index contributed by atoms with van der Waals surface area (Å²) in [5.41, 5.74) is 2.76. The second-order valence-electron chi connectivity index (χ2n) is 6.42. The Bertz CT molecular complexity index is 678. The molecule has 1 heterocycles. The van der Waals surface area contributed by atoms with Gasteiger partial charge in [0, 0.05) is 38.3 Å². The Kier molecular flexibility index (Phi) is 6.04. The monoisotopic (exact) mass is 339 g/mol. The minimum absolute atomic E-state index is 0.544. The molecule has 5 heteroatoms. The molecule has 0 bridgehead atoms. The standard InChI is InChI=1S/C20H25N3O2/c1-22-11-13-23(14-12-22)15-20(21-24)18-7-9-19(10-8-18)25-16-17-5-3-2-4-6-17/h2-10,24H,11-16H2,1H3/b21-20+. The maximum atomic E-state index is 9.40. The van der Waals surface area contributed by atoms with Crippen molar-refractivity contribution < 1.29 is 9.94 Å². The molecule has 132 valence electrons. The van der Waals surface area contributed by atoms with Crippen molar-refractivity contribution in [3.05, 3.63) is 65.7 Å². The molecule has 3 rings (SSSR count). The molecule has 0 radical (unpaired) electrons.